The number of benzene rings is 2. The molecule has 0 unspecified atom stereocenters. The van der Waals surface area contributed by atoms with E-state index in [1.807, 2.05) is 59.3 Å². The molecule has 2 aromatic carbocycles. The van der Waals surface area contributed by atoms with Gasteiger partial charge >= 0.3 is 0 Å². The molecule has 0 bridgehead atoms. The van der Waals surface area contributed by atoms with Gasteiger partial charge in [-0.15, -0.1) is 0 Å². The fourth-order valence-corrected chi connectivity index (χ4v) is 5.03. The summed E-state index contributed by atoms with van der Waals surface area (Å²) in [5.74, 6) is 0.193. The number of para-hydroxylation sites is 2. The number of nitrogens with zero attached hydrogens (tertiary/aromatic N) is 3. The normalized spacial score (nSPS) is 15.2. The van der Waals surface area contributed by atoms with E-state index >= 15 is 0 Å². The third-order valence-electron chi connectivity index (χ3n) is 5.35. The van der Waals surface area contributed by atoms with E-state index in [1.54, 1.807) is 6.20 Å². The monoisotopic (exact) mass is 407 g/mol. The zero-order valence-electron chi connectivity index (χ0n) is 15.7. The molecule has 0 amide bonds. The molecule has 0 radical (unpaired) electrons. The van der Waals surface area contributed by atoms with Crippen LogP contribution in [0.2, 0.25) is 0 Å². The maximum Gasteiger partial charge on any atom is 0.267 e. The Bertz CT molecular complexity index is 1220. The number of fused-ring (bicyclic) bond motifs is 1. The second-order valence-electron chi connectivity index (χ2n) is 7.33. The highest BCUT2D eigenvalue weighted by Gasteiger charge is 2.27. The van der Waals surface area contributed by atoms with Gasteiger partial charge in [-0.2, -0.15) is 5.10 Å². The fraction of sp³-hybridized carbons (Fsp3) is 0.238. The van der Waals surface area contributed by atoms with Gasteiger partial charge in [0.1, 0.15) is 10.6 Å². The summed E-state index contributed by atoms with van der Waals surface area (Å²) >= 11 is 0. The number of H-pyrrole nitrogens is 1. The van der Waals surface area contributed by atoms with Gasteiger partial charge in [-0.3, -0.25) is 4.68 Å². The van der Waals surface area contributed by atoms with Gasteiger partial charge in [0.15, 0.2) is 0 Å². The summed E-state index contributed by atoms with van der Waals surface area (Å²) in [5, 5.41) is 4.68. The van der Waals surface area contributed by atoms with Crippen molar-refractivity contribution in [2.24, 2.45) is 0 Å². The van der Waals surface area contributed by atoms with Crippen molar-refractivity contribution in [2.45, 2.75) is 36.6 Å². The number of rotatable bonds is 5. The van der Waals surface area contributed by atoms with Crippen LogP contribution in [0.25, 0.3) is 22.3 Å². The van der Waals surface area contributed by atoms with Crippen molar-refractivity contribution in [1.82, 2.24) is 19.7 Å². The summed E-state index contributed by atoms with van der Waals surface area (Å²) in [5.41, 5.74) is 2.71. The molecule has 0 spiro atoms. The summed E-state index contributed by atoms with van der Waals surface area (Å²) < 4.78 is 31.0. The molecule has 29 heavy (non-hydrogen) atoms. The van der Waals surface area contributed by atoms with Crippen molar-refractivity contribution < 1.29 is 8.42 Å². The zero-order valence-corrected chi connectivity index (χ0v) is 16.6. The Morgan fingerprint density at radius 2 is 1.72 bits per heavy atom. The van der Waals surface area contributed by atoms with E-state index in [-0.39, 0.29) is 16.9 Å². The number of hydrogen-bond donors (Lipinski definition) is 2. The van der Waals surface area contributed by atoms with E-state index in [0.29, 0.717) is 11.2 Å². The summed E-state index contributed by atoms with van der Waals surface area (Å²) in [4.78, 5) is 7.51. The molecule has 1 aliphatic carbocycles. The Kier molecular flexibility index (Phi) is 4.35. The molecule has 2 aromatic heterocycles. The minimum Gasteiger partial charge on any atom is -0.323 e. The average Bonchev–Trinajstić information content (AvgIpc) is 3.46. The van der Waals surface area contributed by atoms with Crippen LogP contribution >= 0.6 is 0 Å². The van der Waals surface area contributed by atoms with E-state index in [9.17, 15) is 8.42 Å². The quantitative estimate of drug-likeness (QED) is 0.515. The Hall–Kier alpha value is -3.13. The molecule has 1 saturated carbocycles. The van der Waals surface area contributed by atoms with Crippen molar-refractivity contribution in [3.63, 3.8) is 0 Å². The Balaban J connectivity index is 1.57. The molecular weight excluding hydrogens is 386 g/mol. The molecule has 0 saturated heterocycles. The number of aromatic nitrogens is 4. The van der Waals surface area contributed by atoms with E-state index in [1.165, 1.54) is 0 Å². The molecule has 0 aliphatic heterocycles. The third-order valence-corrected chi connectivity index (χ3v) is 6.69. The molecule has 7 nitrogen and oxygen atoms in total. The van der Waals surface area contributed by atoms with Gasteiger partial charge in [0.2, 0.25) is 5.95 Å². The molecular formula is C21H21N5O2S. The number of anilines is 1. The number of nitrogens with one attached hydrogen (secondary N) is 2. The van der Waals surface area contributed by atoms with Crippen molar-refractivity contribution >= 4 is 27.0 Å². The highest BCUT2D eigenvalue weighted by Crippen LogP contribution is 2.33. The predicted molar refractivity (Wildman–Crippen MR) is 112 cm³/mol. The Morgan fingerprint density at radius 3 is 2.48 bits per heavy atom. The number of aromatic amines is 1. The zero-order chi connectivity index (χ0) is 19.8. The van der Waals surface area contributed by atoms with Gasteiger partial charge in [-0.1, -0.05) is 55.3 Å². The van der Waals surface area contributed by atoms with E-state index in [4.69, 9.17) is 0 Å². The lowest BCUT2D eigenvalue weighted by molar-refractivity contribution is 0.467. The molecule has 2 heterocycles. The molecule has 1 aliphatic rings. The first-order valence-electron chi connectivity index (χ1n) is 9.72. The summed E-state index contributed by atoms with van der Waals surface area (Å²) in [6, 6.07) is 17.1. The highest BCUT2D eigenvalue weighted by atomic mass is 32.2. The SMILES string of the molecule is O=S(=O)(Nc1nc2ccccc2[nH]1)c1cn(C2CCCC2)nc1-c1ccccc1. The van der Waals surface area contributed by atoms with Crippen LogP contribution in [0, 0.1) is 0 Å². The highest BCUT2D eigenvalue weighted by molar-refractivity contribution is 7.92. The predicted octanol–water partition coefficient (Wildman–Crippen LogP) is 4.34. The Labute approximate surface area is 168 Å². The number of sulfonamides is 1. The van der Waals surface area contributed by atoms with E-state index < -0.39 is 10.0 Å². The van der Waals surface area contributed by atoms with Gasteiger partial charge in [0, 0.05) is 11.8 Å². The van der Waals surface area contributed by atoms with Gasteiger partial charge in [-0.25, -0.2) is 18.1 Å². The smallest absolute Gasteiger partial charge is 0.267 e. The summed E-state index contributed by atoms with van der Waals surface area (Å²) in [7, 11) is -3.88. The number of hydrogen-bond acceptors (Lipinski definition) is 4. The standard InChI is InChI=1S/C21H21N5O2S/c27-29(28,25-21-22-17-12-6-7-13-18(17)23-21)19-14-26(16-10-4-5-11-16)24-20(19)15-8-2-1-3-9-15/h1-3,6-9,12-14,16H,4-5,10-11H2,(H2,22,23,25). The van der Waals surface area contributed by atoms with Crippen molar-refractivity contribution in [1.29, 1.82) is 0 Å². The molecule has 4 aromatic rings. The summed E-state index contributed by atoms with van der Waals surface area (Å²) in [6.07, 6.45) is 5.98. The van der Waals surface area contributed by atoms with Crippen molar-refractivity contribution in [2.75, 3.05) is 4.72 Å². The van der Waals surface area contributed by atoms with Crippen LogP contribution in [-0.4, -0.2) is 28.2 Å². The van der Waals surface area contributed by atoms with Gasteiger partial charge < -0.3 is 4.98 Å². The van der Waals surface area contributed by atoms with Gasteiger partial charge in [-0.05, 0) is 25.0 Å². The van der Waals surface area contributed by atoms with Crippen LogP contribution < -0.4 is 4.72 Å². The summed E-state index contributed by atoms with van der Waals surface area (Å²) in [6.45, 7) is 0. The van der Waals surface area contributed by atoms with Crippen LogP contribution in [0.1, 0.15) is 31.7 Å². The van der Waals surface area contributed by atoms with Crippen LogP contribution in [0.15, 0.2) is 65.7 Å². The van der Waals surface area contributed by atoms with Gasteiger partial charge in [0.25, 0.3) is 10.0 Å². The number of imidazole rings is 1. The lowest BCUT2D eigenvalue weighted by atomic mass is 10.2. The topological polar surface area (TPSA) is 92.7 Å². The van der Waals surface area contributed by atoms with Gasteiger partial charge in [0.05, 0.1) is 17.1 Å². The minimum atomic E-state index is -3.88. The molecule has 1 fully saturated rings. The lowest BCUT2D eigenvalue weighted by Gasteiger charge is -2.08. The van der Waals surface area contributed by atoms with Crippen LogP contribution in [-0.2, 0) is 10.0 Å². The minimum absolute atomic E-state index is 0.163. The van der Waals surface area contributed by atoms with E-state index in [0.717, 1.165) is 36.8 Å². The molecule has 5 rings (SSSR count). The largest absolute Gasteiger partial charge is 0.323 e. The second-order valence-corrected chi connectivity index (χ2v) is 8.99. The fourth-order valence-electron chi connectivity index (χ4n) is 3.91. The first-order valence-corrected chi connectivity index (χ1v) is 11.2. The van der Waals surface area contributed by atoms with Crippen LogP contribution in [0.4, 0.5) is 5.95 Å². The van der Waals surface area contributed by atoms with Crippen molar-refractivity contribution in [3.8, 4) is 11.3 Å². The maximum atomic E-state index is 13.3. The second kappa shape index (κ2) is 7.04. The average molecular weight is 407 g/mol. The maximum absolute atomic E-state index is 13.3. The first-order chi connectivity index (χ1) is 14.1. The van der Waals surface area contributed by atoms with E-state index in [2.05, 4.69) is 19.8 Å². The Morgan fingerprint density at radius 1 is 1.00 bits per heavy atom. The molecule has 0 atom stereocenters. The first kappa shape index (κ1) is 17.9. The molecule has 2 N–H and O–H groups in total. The molecule has 148 valence electrons. The molecule has 8 heteroatoms. The van der Waals surface area contributed by atoms with Crippen LogP contribution in [0.3, 0.4) is 0 Å². The third kappa shape index (κ3) is 3.40. The van der Waals surface area contributed by atoms with Crippen molar-refractivity contribution in [3.05, 3.63) is 60.8 Å². The van der Waals surface area contributed by atoms with Crippen LogP contribution in [0.5, 0.6) is 0 Å². The lowest BCUT2D eigenvalue weighted by Crippen LogP contribution is -2.14.